The fraction of sp³-hybridized carbons (Fsp3) is 0.417. The number of aliphatic hydroxyl groups is 1. The van der Waals surface area contributed by atoms with Crippen molar-refractivity contribution < 1.29 is 14.6 Å². The van der Waals surface area contributed by atoms with Gasteiger partial charge in [0.2, 0.25) is 0 Å². The summed E-state index contributed by atoms with van der Waals surface area (Å²) in [5.74, 6) is 0.920. The van der Waals surface area contributed by atoms with Crippen LogP contribution in [0.2, 0.25) is 0 Å². The van der Waals surface area contributed by atoms with Crippen molar-refractivity contribution in [3.63, 3.8) is 0 Å². The number of anilines is 1. The molecule has 1 amide bonds. The third-order valence-electron chi connectivity index (χ3n) is 6.61. The third kappa shape index (κ3) is 4.04. The Hall–Kier alpha value is -3.46. The molecule has 0 saturated heterocycles. The Kier molecular flexibility index (Phi) is 4.98. The second-order valence-electron chi connectivity index (χ2n) is 9.13. The number of aliphatic hydroxyl groups excluding tert-OH is 1. The summed E-state index contributed by atoms with van der Waals surface area (Å²) in [5.41, 5.74) is 2.36. The van der Waals surface area contributed by atoms with E-state index in [1.54, 1.807) is 23.0 Å². The topological polar surface area (TPSA) is 107 Å². The maximum atomic E-state index is 13.1. The number of fused-ring (bicyclic) bond motifs is 2. The number of nitrogens with one attached hydrogen (secondary N) is 1. The molecule has 1 aromatic carbocycles. The zero-order valence-electron chi connectivity index (χ0n) is 18.2. The molecule has 0 aliphatic heterocycles. The van der Waals surface area contributed by atoms with Gasteiger partial charge < -0.3 is 15.2 Å². The molecule has 0 spiro atoms. The summed E-state index contributed by atoms with van der Waals surface area (Å²) in [6.45, 7) is 0.633. The van der Waals surface area contributed by atoms with Crippen molar-refractivity contribution in [2.24, 2.45) is 5.92 Å². The molecule has 2 aliphatic carbocycles. The average Bonchev–Trinajstić information content (AvgIpc) is 3.40. The van der Waals surface area contributed by atoms with Crippen LogP contribution >= 0.6 is 0 Å². The van der Waals surface area contributed by atoms with Crippen LogP contribution in [-0.4, -0.2) is 48.1 Å². The predicted octanol–water partition coefficient (Wildman–Crippen LogP) is 3.60. The van der Waals surface area contributed by atoms with Crippen molar-refractivity contribution >= 4 is 28.1 Å². The minimum Gasteiger partial charge on any atom is -0.491 e. The van der Waals surface area contributed by atoms with Gasteiger partial charge in [0.25, 0.3) is 5.91 Å². The van der Waals surface area contributed by atoms with Crippen molar-refractivity contribution in [2.45, 2.75) is 50.7 Å². The normalized spacial score (nSPS) is 20.9. The van der Waals surface area contributed by atoms with E-state index in [2.05, 4.69) is 15.4 Å². The number of aromatic nitrogens is 5. The van der Waals surface area contributed by atoms with E-state index in [-0.39, 0.29) is 18.1 Å². The Balaban J connectivity index is 1.32. The van der Waals surface area contributed by atoms with E-state index >= 15 is 0 Å². The highest BCUT2D eigenvalue weighted by atomic mass is 16.5. The standard InChI is InChI=1S/C24H26N6O3/c31-18-6-4-17(5-7-18)30-13-16-10-21(22(11-20(16)28-30)33-14-15-2-3-15)27-24(32)19-12-26-29-9-1-8-25-23(19)29/h1,8-13,15,17-18,31H,2-7,14H2,(H,27,32). The maximum absolute atomic E-state index is 13.1. The molecule has 3 aromatic heterocycles. The summed E-state index contributed by atoms with van der Waals surface area (Å²) >= 11 is 0. The molecule has 3 heterocycles. The fourth-order valence-corrected chi connectivity index (χ4v) is 4.47. The van der Waals surface area contributed by atoms with Gasteiger partial charge >= 0.3 is 0 Å². The number of carbonyl (C=O) groups excluding carboxylic acids is 1. The summed E-state index contributed by atoms with van der Waals surface area (Å²) in [7, 11) is 0. The summed E-state index contributed by atoms with van der Waals surface area (Å²) < 4.78 is 9.69. The molecule has 9 nitrogen and oxygen atoms in total. The second kappa shape index (κ2) is 8.15. The van der Waals surface area contributed by atoms with Crippen molar-refractivity contribution in [1.82, 2.24) is 24.4 Å². The number of nitrogens with zero attached hydrogens (tertiary/aromatic N) is 5. The molecule has 2 N–H and O–H groups in total. The van der Waals surface area contributed by atoms with Gasteiger partial charge in [-0.25, -0.2) is 9.50 Å². The van der Waals surface area contributed by atoms with Crippen LogP contribution in [0, 0.1) is 5.92 Å². The SMILES string of the molecule is O=C(Nc1cc2cn(C3CCC(O)CC3)nc2cc1OCC1CC1)c1cnn2cccnc12. The number of benzene rings is 1. The van der Waals surface area contributed by atoms with Crippen molar-refractivity contribution in [2.75, 3.05) is 11.9 Å². The fourth-order valence-electron chi connectivity index (χ4n) is 4.47. The number of rotatable bonds is 6. The van der Waals surface area contributed by atoms with E-state index in [4.69, 9.17) is 9.84 Å². The summed E-state index contributed by atoms with van der Waals surface area (Å²) in [5, 5.41) is 22.8. The van der Waals surface area contributed by atoms with Crippen LogP contribution in [0.25, 0.3) is 16.6 Å². The van der Waals surface area contributed by atoms with E-state index < -0.39 is 0 Å². The van der Waals surface area contributed by atoms with E-state index in [1.165, 1.54) is 19.0 Å². The number of ether oxygens (including phenoxy) is 1. The van der Waals surface area contributed by atoms with Crippen LogP contribution in [-0.2, 0) is 0 Å². The maximum Gasteiger partial charge on any atom is 0.261 e. The van der Waals surface area contributed by atoms with E-state index in [1.807, 2.05) is 23.0 Å². The largest absolute Gasteiger partial charge is 0.491 e. The average molecular weight is 447 g/mol. The molecule has 0 bridgehead atoms. The highest BCUT2D eigenvalue weighted by molar-refractivity contribution is 6.09. The van der Waals surface area contributed by atoms with Gasteiger partial charge in [-0.1, -0.05) is 0 Å². The summed E-state index contributed by atoms with van der Waals surface area (Å²) in [6, 6.07) is 5.88. The van der Waals surface area contributed by atoms with Crippen molar-refractivity contribution in [3.05, 3.63) is 48.5 Å². The minimum absolute atomic E-state index is 0.204. The van der Waals surface area contributed by atoms with Gasteiger partial charge in [-0.15, -0.1) is 0 Å². The van der Waals surface area contributed by atoms with Crippen LogP contribution in [0.5, 0.6) is 5.75 Å². The first-order chi connectivity index (χ1) is 16.1. The van der Waals surface area contributed by atoms with Crippen LogP contribution < -0.4 is 10.1 Å². The molecule has 0 unspecified atom stereocenters. The number of carbonyl (C=O) groups is 1. The quantitative estimate of drug-likeness (QED) is 0.469. The van der Waals surface area contributed by atoms with Gasteiger partial charge in [-0.2, -0.15) is 10.2 Å². The number of hydrogen-bond donors (Lipinski definition) is 2. The van der Waals surface area contributed by atoms with Gasteiger partial charge in [0.15, 0.2) is 5.65 Å². The molecule has 170 valence electrons. The number of hydrogen-bond acceptors (Lipinski definition) is 6. The molecular formula is C24H26N6O3. The lowest BCUT2D eigenvalue weighted by molar-refractivity contribution is 0.102. The zero-order valence-corrected chi connectivity index (χ0v) is 18.2. The highest BCUT2D eigenvalue weighted by Gasteiger charge is 2.25. The Morgan fingerprint density at radius 1 is 1.18 bits per heavy atom. The second-order valence-corrected chi connectivity index (χ2v) is 9.13. The molecule has 0 atom stereocenters. The monoisotopic (exact) mass is 446 g/mol. The molecule has 0 radical (unpaired) electrons. The number of amides is 1. The molecule has 4 aromatic rings. The summed E-state index contributed by atoms with van der Waals surface area (Å²) in [4.78, 5) is 17.4. The van der Waals surface area contributed by atoms with Crippen LogP contribution in [0.4, 0.5) is 5.69 Å². The van der Waals surface area contributed by atoms with E-state index in [0.717, 1.165) is 36.6 Å². The van der Waals surface area contributed by atoms with Gasteiger partial charge in [0.1, 0.15) is 11.3 Å². The minimum atomic E-state index is -0.284. The molecule has 33 heavy (non-hydrogen) atoms. The van der Waals surface area contributed by atoms with Crippen LogP contribution in [0.15, 0.2) is 43.0 Å². The predicted molar refractivity (Wildman–Crippen MR) is 122 cm³/mol. The first-order valence-corrected chi connectivity index (χ1v) is 11.6. The summed E-state index contributed by atoms with van der Waals surface area (Å²) in [6.07, 6.45) is 12.5. The van der Waals surface area contributed by atoms with Gasteiger partial charge in [-0.05, 0) is 56.6 Å². The van der Waals surface area contributed by atoms with Gasteiger partial charge in [0.05, 0.1) is 36.2 Å². The van der Waals surface area contributed by atoms with Crippen molar-refractivity contribution in [3.8, 4) is 5.75 Å². The molecule has 2 saturated carbocycles. The van der Waals surface area contributed by atoms with Crippen molar-refractivity contribution in [1.29, 1.82) is 0 Å². The Bertz CT molecular complexity index is 1320. The molecule has 2 aliphatic rings. The lowest BCUT2D eigenvalue weighted by atomic mass is 9.93. The first kappa shape index (κ1) is 20.2. The zero-order chi connectivity index (χ0) is 22.4. The van der Waals surface area contributed by atoms with E-state index in [9.17, 15) is 9.90 Å². The Labute approximate surface area is 190 Å². The van der Waals surface area contributed by atoms with Crippen LogP contribution in [0.3, 0.4) is 0 Å². The first-order valence-electron chi connectivity index (χ1n) is 11.6. The smallest absolute Gasteiger partial charge is 0.261 e. The van der Waals surface area contributed by atoms with Gasteiger partial charge in [-0.3, -0.25) is 9.48 Å². The highest BCUT2D eigenvalue weighted by Crippen LogP contribution is 2.36. The molecule has 9 heteroatoms. The Morgan fingerprint density at radius 2 is 2.03 bits per heavy atom. The third-order valence-corrected chi connectivity index (χ3v) is 6.61. The molecule has 6 rings (SSSR count). The van der Waals surface area contributed by atoms with Crippen LogP contribution in [0.1, 0.15) is 54.9 Å². The van der Waals surface area contributed by atoms with E-state index in [0.29, 0.717) is 35.2 Å². The lowest BCUT2D eigenvalue weighted by Crippen LogP contribution is -2.21. The molecule has 2 fully saturated rings. The van der Waals surface area contributed by atoms with Gasteiger partial charge in [0, 0.05) is 30.0 Å². The molecular weight excluding hydrogens is 420 g/mol. The lowest BCUT2D eigenvalue weighted by Gasteiger charge is -2.25. The Morgan fingerprint density at radius 3 is 2.85 bits per heavy atom.